The van der Waals surface area contributed by atoms with Crippen molar-refractivity contribution in [1.82, 2.24) is 4.98 Å². The molecule has 0 amide bonds. The van der Waals surface area contributed by atoms with Crippen LogP contribution < -0.4 is 0 Å². The highest BCUT2D eigenvalue weighted by molar-refractivity contribution is 7.18. The molecule has 1 aromatic carbocycles. The highest BCUT2D eigenvalue weighted by Crippen LogP contribution is 2.33. The van der Waals surface area contributed by atoms with Gasteiger partial charge >= 0.3 is 12.4 Å². The second-order valence-electron chi connectivity index (χ2n) is 4.05. The number of alkyl halides is 6. The van der Waals surface area contributed by atoms with Crippen molar-refractivity contribution in [3.05, 3.63) is 28.8 Å². The Bertz CT molecular complexity index is 617. The van der Waals surface area contributed by atoms with Crippen molar-refractivity contribution in [2.45, 2.75) is 24.9 Å². The maximum Gasteiger partial charge on any atom is 0.416 e. The summed E-state index contributed by atoms with van der Waals surface area (Å²) in [5.74, 6) is 0. The van der Waals surface area contributed by atoms with Gasteiger partial charge < -0.3 is 5.11 Å². The summed E-state index contributed by atoms with van der Waals surface area (Å²) in [5, 5.41) is 8.84. The molecule has 1 aromatic heterocycles. The molecule has 1 unspecified atom stereocenters. The molecule has 1 atom stereocenters. The molecule has 0 saturated heterocycles. The van der Waals surface area contributed by atoms with Gasteiger partial charge in [0.1, 0.15) is 0 Å². The number of thiazole rings is 1. The number of hydrogen-bond acceptors (Lipinski definition) is 3. The zero-order chi connectivity index (χ0) is 15.1. The molecule has 0 aliphatic heterocycles. The topological polar surface area (TPSA) is 33.1 Å². The van der Waals surface area contributed by atoms with Crippen LogP contribution in [0.3, 0.4) is 0 Å². The average molecular weight is 315 g/mol. The first-order valence-electron chi connectivity index (χ1n) is 5.29. The Hall–Kier alpha value is -1.35. The molecule has 0 fully saturated rings. The van der Waals surface area contributed by atoms with Crippen LogP contribution in [0.5, 0.6) is 0 Å². The monoisotopic (exact) mass is 315 g/mol. The Morgan fingerprint density at radius 1 is 1.15 bits per heavy atom. The van der Waals surface area contributed by atoms with Gasteiger partial charge in [0.2, 0.25) is 0 Å². The Labute approximate surface area is 112 Å². The van der Waals surface area contributed by atoms with Crippen LogP contribution in [0.15, 0.2) is 18.2 Å². The van der Waals surface area contributed by atoms with Gasteiger partial charge in [-0.05, 0) is 18.2 Å². The normalized spacial score (nSPS) is 14.8. The molecule has 1 heterocycles. The fourth-order valence-corrected chi connectivity index (χ4v) is 2.50. The molecule has 0 radical (unpaired) electrons. The molecular weight excluding hydrogens is 308 g/mol. The van der Waals surface area contributed by atoms with Crippen molar-refractivity contribution in [2.24, 2.45) is 0 Å². The Kier molecular flexibility index (Phi) is 3.67. The van der Waals surface area contributed by atoms with Gasteiger partial charge in [0.15, 0.2) is 6.10 Å². The Morgan fingerprint density at radius 2 is 1.80 bits per heavy atom. The summed E-state index contributed by atoms with van der Waals surface area (Å²) in [5.41, 5.74) is -0.951. The minimum absolute atomic E-state index is 0.0331. The van der Waals surface area contributed by atoms with Crippen LogP contribution >= 0.6 is 11.3 Å². The second-order valence-corrected chi connectivity index (χ2v) is 5.16. The minimum atomic E-state index is -4.78. The van der Waals surface area contributed by atoms with Crippen LogP contribution in [-0.2, 0) is 12.6 Å². The predicted octanol–water partition coefficient (Wildman–Crippen LogP) is 3.78. The lowest BCUT2D eigenvalue weighted by molar-refractivity contribution is -0.203. The number of fused-ring (bicyclic) bond motifs is 1. The van der Waals surface area contributed by atoms with Crippen molar-refractivity contribution >= 4 is 21.6 Å². The standard InChI is InChI=1S/C11H7F6NOS/c12-10(13,14)5-1-2-7-6(3-5)18-9(20-7)4-8(19)11(15,16)17/h1-3,8,19H,4H2. The van der Waals surface area contributed by atoms with Crippen LogP contribution in [0.4, 0.5) is 26.3 Å². The maximum absolute atomic E-state index is 12.5. The quantitative estimate of drug-likeness (QED) is 0.856. The first kappa shape index (κ1) is 15.0. The van der Waals surface area contributed by atoms with E-state index in [0.717, 1.165) is 29.5 Å². The molecule has 0 bridgehead atoms. The number of aromatic nitrogens is 1. The van der Waals surface area contributed by atoms with Gasteiger partial charge in [-0.15, -0.1) is 11.3 Å². The lowest BCUT2D eigenvalue weighted by Gasteiger charge is -2.12. The van der Waals surface area contributed by atoms with Crippen molar-refractivity contribution in [1.29, 1.82) is 0 Å². The summed E-state index contributed by atoms with van der Waals surface area (Å²) in [6.45, 7) is 0. The van der Waals surface area contributed by atoms with E-state index >= 15 is 0 Å². The summed E-state index contributed by atoms with van der Waals surface area (Å²) in [7, 11) is 0. The molecular formula is C11H7F6NOS. The van der Waals surface area contributed by atoms with E-state index in [9.17, 15) is 26.3 Å². The van der Waals surface area contributed by atoms with Gasteiger partial charge in [0, 0.05) is 6.42 Å². The third-order valence-corrected chi connectivity index (χ3v) is 3.56. The minimum Gasteiger partial charge on any atom is -0.383 e. The molecule has 0 spiro atoms. The number of benzene rings is 1. The largest absolute Gasteiger partial charge is 0.416 e. The molecule has 110 valence electrons. The molecule has 20 heavy (non-hydrogen) atoms. The van der Waals surface area contributed by atoms with Crippen LogP contribution in [0, 0.1) is 0 Å². The Balaban J connectivity index is 2.30. The van der Waals surface area contributed by atoms with E-state index in [4.69, 9.17) is 5.11 Å². The van der Waals surface area contributed by atoms with E-state index in [1.807, 2.05) is 0 Å². The fourth-order valence-electron chi connectivity index (χ4n) is 1.52. The molecule has 0 saturated carbocycles. The van der Waals surface area contributed by atoms with E-state index in [-0.39, 0.29) is 10.5 Å². The smallest absolute Gasteiger partial charge is 0.383 e. The summed E-state index contributed by atoms with van der Waals surface area (Å²) >= 11 is 0.823. The zero-order valence-electron chi connectivity index (χ0n) is 9.59. The number of aliphatic hydroxyl groups excluding tert-OH is 1. The van der Waals surface area contributed by atoms with Crippen molar-refractivity contribution < 1.29 is 31.4 Å². The molecule has 2 aromatic rings. The first-order chi connectivity index (χ1) is 9.07. The fraction of sp³-hybridized carbons (Fsp3) is 0.364. The third-order valence-electron chi connectivity index (χ3n) is 2.50. The third kappa shape index (κ3) is 3.21. The number of hydrogen-bond donors (Lipinski definition) is 1. The lowest BCUT2D eigenvalue weighted by Crippen LogP contribution is -2.30. The van der Waals surface area contributed by atoms with E-state index < -0.39 is 30.4 Å². The summed E-state index contributed by atoms with van der Waals surface area (Å²) in [6, 6.07) is 2.76. The van der Waals surface area contributed by atoms with Gasteiger partial charge in [-0.2, -0.15) is 26.3 Å². The number of nitrogens with zero attached hydrogens (tertiary/aromatic N) is 1. The van der Waals surface area contributed by atoms with E-state index in [1.54, 1.807) is 0 Å². The summed E-state index contributed by atoms with van der Waals surface area (Å²) in [4.78, 5) is 3.70. The van der Waals surface area contributed by atoms with Crippen LogP contribution in [-0.4, -0.2) is 22.4 Å². The van der Waals surface area contributed by atoms with Gasteiger partial charge in [0.25, 0.3) is 0 Å². The van der Waals surface area contributed by atoms with Gasteiger partial charge in [0.05, 0.1) is 20.8 Å². The van der Waals surface area contributed by atoms with E-state index in [0.29, 0.717) is 4.70 Å². The number of aliphatic hydroxyl groups is 1. The molecule has 9 heteroatoms. The van der Waals surface area contributed by atoms with Crippen molar-refractivity contribution in [3.8, 4) is 0 Å². The number of halogens is 6. The zero-order valence-corrected chi connectivity index (χ0v) is 10.4. The van der Waals surface area contributed by atoms with Crippen LogP contribution in [0.2, 0.25) is 0 Å². The van der Waals surface area contributed by atoms with Gasteiger partial charge in [-0.25, -0.2) is 4.98 Å². The lowest BCUT2D eigenvalue weighted by atomic mass is 10.2. The predicted molar refractivity (Wildman–Crippen MR) is 60.4 cm³/mol. The van der Waals surface area contributed by atoms with E-state index in [2.05, 4.69) is 4.98 Å². The van der Waals surface area contributed by atoms with Crippen molar-refractivity contribution in [3.63, 3.8) is 0 Å². The molecule has 2 nitrogen and oxygen atoms in total. The molecule has 1 N–H and O–H groups in total. The second kappa shape index (κ2) is 4.88. The molecule has 2 rings (SSSR count). The SMILES string of the molecule is OC(Cc1nc2cc(C(F)(F)F)ccc2s1)C(F)(F)F. The van der Waals surface area contributed by atoms with Crippen LogP contribution in [0.1, 0.15) is 10.6 Å². The first-order valence-corrected chi connectivity index (χ1v) is 6.10. The highest BCUT2D eigenvalue weighted by atomic mass is 32.1. The average Bonchev–Trinajstić information content (AvgIpc) is 2.67. The van der Waals surface area contributed by atoms with E-state index in [1.165, 1.54) is 0 Å². The van der Waals surface area contributed by atoms with Gasteiger partial charge in [-0.3, -0.25) is 0 Å². The molecule has 0 aliphatic carbocycles. The number of rotatable bonds is 2. The van der Waals surface area contributed by atoms with Gasteiger partial charge in [-0.1, -0.05) is 0 Å². The highest BCUT2D eigenvalue weighted by Gasteiger charge is 2.38. The summed E-state index contributed by atoms with van der Waals surface area (Å²) < 4.78 is 74.3. The van der Waals surface area contributed by atoms with Crippen LogP contribution in [0.25, 0.3) is 10.2 Å². The van der Waals surface area contributed by atoms with Crippen molar-refractivity contribution in [2.75, 3.05) is 0 Å². The maximum atomic E-state index is 12.5. The Morgan fingerprint density at radius 3 is 2.35 bits per heavy atom. The molecule has 0 aliphatic rings. The summed E-state index contributed by atoms with van der Waals surface area (Å²) in [6.07, 6.45) is -12.7.